The van der Waals surface area contributed by atoms with Gasteiger partial charge in [-0.3, -0.25) is 0 Å². The van der Waals surface area contributed by atoms with Crippen LogP contribution in [0.2, 0.25) is 10.3 Å². The van der Waals surface area contributed by atoms with Gasteiger partial charge in [-0.25, -0.2) is 4.98 Å². The van der Waals surface area contributed by atoms with Crippen LogP contribution in [0, 0.1) is 11.3 Å². The second-order valence-electron chi connectivity index (χ2n) is 3.44. The lowest BCUT2D eigenvalue weighted by Gasteiger charge is -2.26. The molecule has 14 heavy (non-hydrogen) atoms. The normalized spacial score (nSPS) is 16.1. The number of hydrogen-bond donors (Lipinski definition) is 0. The molecular weight excluding hydrogens is 219 g/mol. The van der Waals surface area contributed by atoms with Gasteiger partial charge in [0.05, 0.1) is 5.56 Å². The average Bonchev–Trinajstić information content (AvgIpc) is 1.99. The molecular formula is C10H8Cl2N2. The maximum absolute atomic E-state index is 8.94. The van der Waals surface area contributed by atoms with Crippen molar-refractivity contribution in [2.24, 2.45) is 0 Å². The van der Waals surface area contributed by atoms with Gasteiger partial charge in [-0.2, -0.15) is 5.26 Å². The van der Waals surface area contributed by atoms with Crippen molar-refractivity contribution in [2.75, 3.05) is 0 Å². The van der Waals surface area contributed by atoms with E-state index in [0.717, 1.165) is 18.4 Å². The van der Waals surface area contributed by atoms with Gasteiger partial charge in [0, 0.05) is 0 Å². The lowest BCUT2D eigenvalue weighted by molar-refractivity contribution is 0.419. The van der Waals surface area contributed by atoms with E-state index in [-0.39, 0.29) is 5.15 Å². The molecule has 0 unspecified atom stereocenters. The van der Waals surface area contributed by atoms with Crippen molar-refractivity contribution in [2.45, 2.75) is 25.2 Å². The molecule has 0 N–H and O–H groups in total. The first-order valence-electron chi connectivity index (χ1n) is 4.48. The quantitative estimate of drug-likeness (QED) is 0.688. The fourth-order valence-corrected chi connectivity index (χ4v) is 2.14. The summed E-state index contributed by atoms with van der Waals surface area (Å²) in [5.41, 5.74) is 1.45. The van der Waals surface area contributed by atoms with Crippen molar-refractivity contribution >= 4 is 23.2 Å². The second-order valence-corrected chi connectivity index (χ2v) is 4.18. The van der Waals surface area contributed by atoms with Gasteiger partial charge in [-0.05, 0) is 30.4 Å². The van der Waals surface area contributed by atoms with Crippen molar-refractivity contribution in [1.29, 1.82) is 5.26 Å². The fraction of sp³-hybridized carbons (Fsp3) is 0.400. The fourth-order valence-electron chi connectivity index (χ4n) is 1.65. The molecule has 0 atom stereocenters. The summed E-state index contributed by atoms with van der Waals surface area (Å²) in [6.07, 6.45) is 3.45. The van der Waals surface area contributed by atoms with E-state index in [2.05, 4.69) is 11.1 Å². The molecule has 1 aromatic heterocycles. The summed E-state index contributed by atoms with van der Waals surface area (Å²) in [5.74, 6) is 0.447. The molecule has 72 valence electrons. The largest absolute Gasteiger partial charge is 0.223 e. The van der Waals surface area contributed by atoms with E-state index < -0.39 is 0 Å². The number of nitriles is 1. The van der Waals surface area contributed by atoms with Crippen LogP contribution in [0.3, 0.4) is 0 Å². The van der Waals surface area contributed by atoms with Crippen LogP contribution in [0.4, 0.5) is 0 Å². The number of aromatic nitrogens is 1. The Morgan fingerprint density at radius 1 is 1.43 bits per heavy atom. The Hall–Kier alpha value is -0.780. The summed E-state index contributed by atoms with van der Waals surface area (Å²) in [5, 5.41) is 9.54. The highest BCUT2D eigenvalue weighted by Gasteiger charge is 2.24. The van der Waals surface area contributed by atoms with Crippen LogP contribution < -0.4 is 0 Å². The van der Waals surface area contributed by atoms with Gasteiger partial charge in [-0.15, -0.1) is 0 Å². The molecule has 2 rings (SSSR count). The molecule has 0 amide bonds. The Morgan fingerprint density at radius 2 is 2.14 bits per heavy atom. The van der Waals surface area contributed by atoms with Crippen LogP contribution >= 0.6 is 23.2 Å². The number of hydrogen-bond acceptors (Lipinski definition) is 2. The summed E-state index contributed by atoms with van der Waals surface area (Å²) >= 11 is 11.6. The van der Waals surface area contributed by atoms with Gasteiger partial charge in [0.15, 0.2) is 0 Å². The summed E-state index contributed by atoms with van der Waals surface area (Å²) < 4.78 is 0. The van der Waals surface area contributed by atoms with E-state index in [0.29, 0.717) is 16.6 Å². The zero-order valence-corrected chi connectivity index (χ0v) is 8.94. The van der Waals surface area contributed by atoms with Crippen LogP contribution in [-0.4, -0.2) is 4.98 Å². The first-order chi connectivity index (χ1) is 6.72. The molecule has 1 aliphatic carbocycles. The van der Waals surface area contributed by atoms with E-state index >= 15 is 0 Å². The molecule has 0 radical (unpaired) electrons. The first-order valence-corrected chi connectivity index (χ1v) is 5.24. The molecule has 1 aromatic rings. The van der Waals surface area contributed by atoms with E-state index in [1.165, 1.54) is 6.42 Å². The van der Waals surface area contributed by atoms with Gasteiger partial charge in [0.25, 0.3) is 0 Å². The van der Waals surface area contributed by atoms with Gasteiger partial charge in [0.1, 0.15) is 16.4 Å². The monoisotopic (exact) mass is 226 g/mol. The molecule has 1 aliphatic rings. The summed E-state index contributed by atoms with van der Waals surface area (Å²) in [4.78, 5) is 3.85. The predicted octanol–water partition coefficient (Wildman–Crippen LogP) is 3.53. The molecule has 2 nitrogen and oxygen atoms in total. The van der Waals surface area contributed by atoms with Crippen LogP contribution in [-0.2, 0) is 0 Å². The van der Waals surface area contributed by atoms with Crippen molar-refractivity contribution in [3.8, 4) is 6.07 Å². The first kappa shape index (κ1) is 9.76. The van der Waals surface area contributed by atoms with Gasteiger partial charge >= 0.3 is 0 Å². The van der Waals surface area contributed by atoms with Crippen molar-refractivity contribution < 1.29 is 0 Å². The zero-order valence-electron chi connectivity index (χ0n) is 7.43. The van der Waals surface area contributed by atoms with Gasteiger partial charge in [-0.1, -0.05) is 29.6 Å². The SMILES string of the molecule is N#Cc1c(C2CCC2)cc(Cl)nc1Cl. The zero-order chi connectivity index (χ0) is 10.1. The Balaban J connectivity index is 2.50. The summed E-state index contributed by atoms with van der Waals surface area (Å²) in [7, 11) is 0. The maximum atomic E-state index is 8.94. The number of halogens is 2. The molecule has 0 spiro atoms. The molecule has 1 heterocycles. The number of nitrogens with zero attached hydrogens (tertiary/aromatic N) is 2. The third-order valence-electron chi connectivity index (χ3n) is 2.63. The van der Waals surface area contributed by atoms with E-state index in [4.69, 9.17) is 28.5 Å². The highest BCUT2D eigenvalue weighted by Crippen LogP contribution is 2.39. The third kappa shape index (κ3) is 1.58. The molecule has 1 saturated carbocycles. The lowest BCUT2D eigenvalue weighted by atomic mass is 9.79. The van der Waals surface area contributed by atoms with Crippen molar-refractivity contribution in [3.63, 3.8) is 0 Å². The van der Waals surface area contributed by atoms with Crippen molar-refractivity contribution in [1.82, 2.24) is 4.98 Å². The van der Waals surface area contributed by atoms with E-state index in [1.807, 2.05) is 0 Å². The van der Waals surface area contributed by atoms with Crippen LogP contribution in [0.15, 0.2) is 6.07 Å². The van der Waals surface area contributed by atoms with E-state index in [9.17, 15) is 0 Å². The van der Waals surface area contributed by atoms with Gasteiger partial charge < -0.3 is 0 Å². The molecule has 4 heteroatoms. The Bertz CT molecular complexity index is 405. The molecule has 0 aromatic carbocycles. The van der Waals surface area contributed by atoms with Crippen LogP contribution in [0.5, 0.6) is 0 Å². The minimum absolute atomic E-state index is 0.224. The van der Waals surface area contributed by atoms with Crippen LogP contribution in [0.25, 0.3) is 0 Å². The Labute approximate surface area is 92.5 Å². The standard InChI is InChI=1S/C10H8Cl2N2/c11-9-4-7(6-2-1-3-6)8(5-13)10(12)14-9/h4,6H,1-3H2. The second kappa shape index (κ2) is 3.76. The van der Waals surface area contributed by atoms with Crippen molar-refractivity contribution in [3.05, 3.63) is 27.5 Å². The Morgan fingerprint density at radius 3 is 2.64 bits per heavy atom. The summed E-state index contributed by atoms with van der Waals surface area (Å²) in [6.45, 7) is 0. The minimum atomic E-state index is 0.224. The maximum Gasteiger partial charge on any atom is 0.148 e. The van der Waals surface area contributed by atoms with Crippen LogP contribution in [0.1, 0.15) is 36.3 Å². The Kier molecular flexibility index (Phi) is 2.62. The smallest absolute Gasteiger partial charge is 0.148 e. The number of pyridine rings is 1. The minimum Gasteiger partial charge on any atom is -0.223 e. The molecule has 0 aliphatic heterocycles. The molecule has 0 bridgehead atoms. The highest BCUT2D eigenvalue weighted by molar-refractivity contribution is 6.33. The molecule has 1 fully saturated rings. The van der Waals surface area contributed by atoms with E-state index in [1.54, 1.807) is 6.07 Å². The highest BCUT2D eigenvalue weighted by atomic mass is 35.5. The van der Waals surface area contributed by atoms with Gasteiger partial charge in [0.2, 0.25) is 0 Å². The summed E-state index contributed by atoms with van der Waals surface area (Å²) in [6, 6.07) is 3.85. The molecule has 0 saturated heterocycles. The third-order valence-corrected chi connectivity index (χ3v) is 3.10. The number of rotatable bonds is 1. The lowest BCUT2D eigenvalue weighted by Crippen LogP contribution is -2.11. The topological polar surface area (TPSA) is 36.7 Å². The predicted molar refractivity (Wildman–Crippen MR) is 55.6 cm³/mol. The average molecular weight is 227 g/mol.